The van der Waals surface area contributed by atoms with Crippen LogP contribution < -0.4 is 10.1 Å². The third kappa shape index (κ3) is 3.84. The van der Waals surface area contributed by atoms with E-state index in [4.69, 9.17) is 4.74 Å². The van der Waals surface area contributed by atoms with E-state index < -0.39 is 17.5 Å². The predicted octanol–water partition coefficient (Wildman–Crippen LogP) is 1.37. The van der Waals surface area contributed by atoms with Crippen molar-refractivity contribution >= 4 is 17.8 Å². The van der Waals surface area contributed by atoms with Crippen LogP contribution in [0.2, 0.25) is 0 Å². The van der Waals surface area contributed by atoms with E-state index in [0.29, 0.717) is 13.2 Å². The molecule has 7 nitrogen and oxygen atoms in total. The molecule has 0 saturated carbocycles. The van der Waals surface area contributed by atoms with E-state index in [0.717, 1.165) is 16.2 Å². The van der Waals surface area contributed by atoms with Crippen molar-refractivity contribution in [3.05, 3.63) is 29.8 Å². The lowest BCUT2D eigenvalue weighted by atomic mass is 10.1. The number of benzene rings is 1. The Hall–Kier alpha value is -2.57. The minimum atomic E-state index is -0.967. The number of imide groups is 1. The molecule has 0 unspecified atom stereocenters. The molecule has 0 atom stereocenters. The van der Waals surface area contributed by atoms with Crippen molar-refractivity contribution in [2.45, 2.75) is 32.9 Å². The van der Waals surface area contributed by atoms with E-state index in [1.807, 2.05) is 31.2 Å². The van der Waals surface area contributed by atoms with Gasteiger partial charge in [-0.15, -0.1) is 0 Å². The summed E-state index contributed by atoms with van der Waals surface area (Å²) in [6.45, 7) is 5.86. The average Bonchev–Trinajstić information content (AvgIpc) is 2.71. The first kappa shape index (κ1) is 17.8. The van der Waals surface area contributed by atoms with E-state index in [9.17, 15) is 14.4 Å². The van der Waals surface area contributed by atoms with Gasteiger partial charge in [-0.1, -0.05) is 12.1 Å². The molecule has 1 fully saturated rings. The van der Waals surface area contributed by atoms with Gasteiger partial charge in [-0.3, -0.25) is 14.5 Å². The molecule has 130 valence electrons. The van der Waals surface area contributed by atoms with E-state index in [1.165, 1.54) is 4.90 Å². The average molecular weight is 333 g/mol. The lowest BCUT2D eigenvalue weighted by Gasteiger charge is -2.21. The summed E-state index contributed by atoms with van der Waals surface area (Å²) in [4.78, 5) is 38.7. The first-order valence-corrected chi connectivity index (χ1v) is 7.84. The fraction of sp³-hybridized carbons (Fsp3) is 0.471. The van der Waals surface area contributed by atoms with Gasteiger partial charge in [0.25, 0.3) is 5.91 Å². The van der Waals surface area contributed by atoms with Crippen LogP contribution in [0.15, 0.2) is 24.3 Å². The van der Waals surface area contributed by atoms with Crippen LogP contribution >= 0.6 is 0 Å². The molecule has 1 aromatic carbocycles. The molecule has 1 aliphatic rings. The number of carbonyl (C=O) groups is 3. The molecule has 0 aromatic heterocycles. The Bertz CT molecular complexity index is 640. The standard InChI is InChI=1S/C17H23N3O4/c1-5-24-13-8-6-12(7-9-13)10-19(4)14(21)11-20-15(22)17(2,3)18-16(20)23/h6-9H,5,10-11H2,1-4H3,(H,18,23). The van der Waals surface area contributed by atoms with Crippen LogP contribution in [0.4, 0.5) is 4.79 Å². The lowest BCUT2D eigenvalue weighted by molar-refractivity contribution is -0.138. The number of hydrogen-bond donors (Lipinski definition) is 1. The van der Waals surface area contributed by atoms with Crippen LogP contribution in [0.25, 0.3) is 0 Å². The first-order chi connectivity index (χ1) is 11.2. The van der Waals surface area contributed by atoms with Crippen molar-refractivity contribution in [2.24, 2.45) is 0 Å². The minimum absolute atomic E-state index is 0.262. The van der Waals surface area contributed by atoms with E-state index in [-0.39, 0.29) is 12.5 Å². The van der Waals surface area contributed by atoms with Gasteiger partial charge in [0.1, 0.15) is 17.8 Å². The Kier molecular flexibility index (Phi) is 5.11. The SMILES string of the molecule is CCOc1ccc(CN(C)C(=O)CN2C(=O)NC(C)(C)C2=O)cc1. The van der Waals surface area contributed by atoms with Gasteiger partial charge in [0.05, 0.1) is 6.61 Å². The number of carbonyl (C=O) groups excluding carboxylic acids is 3. The van der Waals surface area contributed by atoms with Crippen molar-refractivity contribution in [3.63, 3.8) is 0 Å². The van der Waals surface area contributed by atoms with Gasteiger partial charge in [0, 0.05) is 13.6 Å². The number of rotatable bonds is 6. The molecule has 1 aromatic rings. The zero-order valence-corrected chi connectivity index (χ0v) is 14.5. The van der Waals surface area contributed by atoms with Gasteiger partial charge in [0.2, 0.25) is 5.91 Å². The summed E-state index contributed by atoms with van der Waals surface area (Å²) < 4.78 is 5.38. The summed E-state index contributed by atoms with van der Waals surface area (Å²) in [6.07, 6.45) is 0. The second-order valence-electron chi connectivity index (χ2n) is 6.27. The Morgan fingerprint density at radius 1 is 1.25 bits per heavy atom. The van der Waals surface area contributed by atoms with Gasteiger partial charge in [-0.05, 0) is 38.5 Å². The Morgan fingerprint density at radius 2 is 1.88 bits per heavy atom. The molecule has 2 rings (SSSR count). The highest BCUT2D eigenvalue weighted by molar-refractivity contribution is 6.08. The van der Waals surface area contributed by atoms with E-state index in [1.54, 1.807) is 20.9 Å². The molecule has 1 aliphatic heterocycles. The Labute approximate surface area is 141 Å². The van der Waals surface area contributed by atoms with Crippen molar-refractivity contribution < 1.29 is 19.1 Å². The predicted molar refractivity (Wildman–Crippen MR) is 88.4 cm³/mol. The van der Waals surface area contributed by atoms with Crippen LogP contribution in [0.1, 0.15) is 26.3 Å². The molecule has 1 N–H and O–H groups in total. The Morgan fingerprint density at radius 3 is 2.38 bits per heavy atom. The number of likely N-dealkylation sites (N-methyl/N-ethyl adjacent to an activating group) is 1. The van der Waals surface area contributed by atoms with Gasteiger partial charge < -0.3 is 15.0 Å². The number of nitrogens with zero attached hydrogens (tertiary/aromatic N) is 2. The summed E-state index contributed by atoms with van der Waals surface area (Å²) in [7, 11) is 1.64. The van der Waals surface area contributed by atoms with E-state index >= 15 is 0 Å². The molecule has 7 heteroatoms. The molecule has 4 amide bonds. The molecule has 1 heterocycles. The molecular formula is C17H23N3O4. The second-order valence-corrected chi connectivity index (χ2v) is 6.27. The molecular weight excluding hydrogens is 310 g/mol. The highest BCUT2D eigenvalue weighted by Crippen LogP contribution is 2.17. The van der Waals surface area contributed by atoms with Crippen LogP contribution in [0.5, 0.6) is 5.75 Å². The fourth-order valence-corrected chi connectivity index (χ4v) is 2.44. The monoisotopic (exact) mass is 333 g/mol. The maximum Gasteiger partial charge on any atom is 0.325 e. The quantitative estimate of drug-likeness (QED) is 0.798. The van der Waals surface area contributed by atoms with Crippen LogP contribution in [-0.2, 0) is 16.1 Å². The summed E-state index contributed by atoms with van der Waals surface area (Å²) in [5.74, 6) is 0.0807. The lowest BCUT2D eigenvalue weighted by Crippen LogP contribution is -2.43. The molecule has 0 bridgehead atoms. The molecule has 0 radical (unpaired) electrons. The number of amides is 4. The van der Waals surface area contributed by atoms with Gasteiger partial charge in [-0.2, -0.15) is 0 Å². The largest absolute Gasteiger partial charge is 0.494 e. The number of ether oxygens (including phenoxy) is 1. The number of urea groups is 1. The summed E-state index contributed by atoms with van der Waals surface area (Å²) in [5, 5.41) is 2.56. The minimum Gasteiger partial charge on any atom is -0.494 e. The fourth-order valence-electron chi connectivity index (χ4n) is 2.44. The van der Waals surface area contributed by atoms with Crippen molar-refractivity contribution in [3.8, 4) is 5.75 Å². The Balaban J connectivity index is 1.95. The van der Waals surface area contributed by atoms with Crippen molar-refractivity contribution in [1.29, 1.82) is 0 Å². The maximum absolute atomic E-state index is 12.3. The maximum atomic E-state index is 12.3. The highest BCUT2D eigenvalue weighted by atomic mass is 16.5. The van der Waals surface area contributed by atoms with Gasteiger partial charge in [0.15, 0.2) is 0 Å². The molecule has 0 spiro atoms. The topological polar surface area (TPSA) is 79.0 Å². The molecule has 24 heavy (non-hydrogen) atoms. The smallest absolute Gasteiger partial charge is 0.325 e. The summed E-state index contributed by atoms with van der Waals surface area (Å²) in [6, 6.07) is 6.92. The zero-order chi connectivity index (χ0) is 17.9. The number of nitrogens with one attached hydrogen (secondary N) is 1. The zero-order valence-electron chi connectivity index (χ0n) is 14.5. The summed E-state index contributed by atoms with van der Waals surface area (Å²) >= 11 is 0. The third-order valence-electron chi connectivity index (χ3n) is 3.82. The highest BCUT2D eigenvalue weighted by Gasteiger charge is 2.45. The van der Waals surface area contributed by atoms with Crippen molar-refractivity contribution in [2.75, 3.05) is 20.2 Å². The van der Waals surface area contributed by atoms with Crippen LogP contribution in [0.3, 0.4) is 0 Å². The van der Waals surface area contributed by atoms with Crippen LogP contribution in [0, 0.1) is 0 Å². The summed E-state index contributed by atoms with van der Waals surface area (Å²) in [5.41, 5.74) is -0.0303. The second kappa shape index (κ2) is 6.90. The molecule has 1 saturated heterocycles. The van der Waals surface area contributed by atoms with Gasteiger partial charge >= 0.3 is 6.03 Å². The van der Waals surface area contributed by atoms with E-state index in [2.05, 4.69) is 5.32 Å². The molecule has 0 aliphatic carbocycles. The first-order valence-electron chi connectivity index (χ1n) is 7.84. The van der Waals surface area contributed by atoms with Crippen molar-refractivity contribution in [1.82, 2.24) is 15.1 Å². The number of hydrogen-bond acceptors (Lipinski definition) is 4. The normalized spacial score (nSPS) is 16.1. The third-order valence-corrected chi connectivity index (χ3v) is 3.82. The van der Waals surface area contributed by atoms with Gasteiger partial charge in [-0.25, -0.2) is 4.79 Å². The van der Waals surface area contributed by atoms with Crippen LogP contribution in [-0.4, -0.2) is 53.4 Å².